The topological polar surface area (TPSA) is 42.0 Å². The first-order chi connectivity index (χ1) is 11.3. The molecule has 0 aliphatic heterocycles. The van der Waals surface area contributed by atoms with Gasteiger partial charge in [0.25, 0.3) is 11.7 Å². The molecule has 0 aliphatic carbocycles. The van der Waals surface area contributed by atoms with Gasteiger partial charge in [0.1, 0.15) is 5.03 Å². The zero-order chi connectivity index (χ0) is 17.7. The van der Waals surface area contributed by atoms with E-state index in [-0.39, 0.29) is 28.9 Å². The first kappa shape index (κ1) is 18.2. The van der Waals surface area contributed by atoms with Gasteiger partial charge in [-0.3, -0.25) is 4.79 Å². The second-order valence-electron chi connectivity index (χ2n) is 4.61. The number of thioether (sulfide) groups is 1. The molecular weight excluding hydrogens is 351 g/mol. The molecule has 2 aromatic rings. The van der Waals surface area contributed by atoms with Crippen LogP contribution in [0.4, 0.5) is 22.0 Å². The molecule has 0 bridgehead atoms. The van der Waals surface area contributed by atoms with Crippen LogP contribution in [-0.4, -0.2) is 16.6 Å². The Labute approximate surface area is 138 Å². The van der Waals surface area contributed by atoms with Crippen LogP contribution in [0.15, 0.2) is 47.6 Å². The lowest BCUT2D eigenvalue weighted by molar-refractivity contribution is -0.137. The lowest BCUT2D eigenvalue weighted by atomic mass is 10.1. The molecule has 1 aromatic carbocycles. The minimum absolute atomic E-state index is 0.0188. The van der Waals surface area contributed by atoms with Crippen molar-refractivity contribution in [3.05, 3.63) is 59.3 Å². The summed E-state index contributed by atoms with van der Waals surface area (Å²) in [4.78, 5) is 15.8. The predicted molar refractivity (Wildman–Crippen MR) is 78.7 cm³/mol. The molecule has 0 radical (unpaired) electrons. The van der Waals surface area contributed by atoms with Crippen LogP contribution in [0.2, 0.25) is 0 Å². The third kappa shape index (κ3) is 4.92. The molecular formula is C15H11F5N2OS. The molecule has 128 valence electrons. The monoisotopic (exact) mass is 362 g/mol. The standard InChI is InChI=1S/C15H11F5N2OS/c16-14(17)24-13-11(2-1-7-21-13)12(23)22-8-9-3-5-10(6-4-9)15(18,19)20/h1-7,14H,8H2,(H,22,23). The van der Waals surface area contributed by atoms with Crippen LogP contribution in [-0.2, 0) is 12.7 Å². The van der Waals surface area contributed by atoms with E-state index in [4.69, 9.17) is 0 Å². The number of hydrogen-bond donors (Lipinski definition) is 1. The number of benzene rings is 1. The summed E-state index contributed by atoms with van der Waals surface area (Å²) in [6, 6.07) is 7.07. The van der Waals surface area contributed by atoms with Gasteiger partial charge in [0, 0.05) is 12.7 Å². The highest BCUT2D eigenvalue weighted by Gasteiger charge is 2.29. The van der Waals surface area contributed by atoms with E-state index in [0.717, 1.165) is 12.1 Å². The lowest BCUT2D eigenvalue weighted by Gasteiger charge is -2.10. The highest BCUT2D eigenvalue weighted by atomic mass is 32.2. The molecule has 1 heterocycles. The fourth-order valence-electron chi connectivity index (χ4n) is 1.83. The van der Waals surface area contributed by atoms with Crippen molar-refractivity contribution < 1.29 is 26.7 Å². The van der Waals surface area contributed by atoms with E-state index in [0.29, 0.717) is 5.56 Å². The Balaban J connectivity index is 2.03. The molecule has 3 nitrogen and oxygen atoms in total. The zero-order valence-electron chi connectivity index (χ0n) is 12.0. The first-order valence-electron chi connectivity index (χ1n) is 6.61. The Kier molecular flexibility index (Phi) is 5.76. The Morgan fingerprint density at radius 1 is 1.17 bits per heavy atom. The number of amides is 1. The number of hydrogen-bond acceptors (Lipinski definition) is 3. The van der Waals surface area contributed by atoms with Crippen LogP contribution < -0.4 is 5.32 Å². The highest BCUT2D eigenvalue weighted by molar-refractivity contribution is 7.99. The van der Waals surface area contributed by atoms with Crippen molar-refractivity contribution in [2.24, 2.45) is 0 Å². The molecule has 0 atom stereocenters. The van der Waals surface area contributed by atoms with E-state index in [2.05, 4.69) is 10.3 Å². The number of halogens is 5. The van der Waals surface area contributed by atoms with Gasteiger partial charge in [0.2, 0.25) is 0 Å². The summed E-state index contributed by atoms with van der Waals surface area (Å²) < 4.78 is 62.3. The van der Waals surface area contributed by atoms with Crippen LogP contribution in [0.3, 0.4) is 0 Å². The highest BCUT2D eigenvalue weighted by Crippen LogP contribution is 2.29. The van der Waals surface area contributed by atoms with E-state index in [9.17, 15) is 26.7 Å². The van der Waals surface area contributed by atoms with Crippen molar-refractivity contribution in [2.75, 3.05) is 0 Å². The van der Waals surface area contributed by atoms with Gasteiger partial charge in [-0.05, 0) is 41.6 Å². The van der Waals surface area contributed by atoms with E-state index < -0.39 is 23.4 Å². The quantitative estimate of drug-likeness (QED) is 0.635. The maximum atomic E-state index is 12.5. The third-order valence-corrected chi connectivity index (χ3v) is 3.68. The first-order valence-corrected chi connectivity index (χ1v) is 7.49. The second-order valence-corrected chi connectivity index (χ2v) is 5.59. The summed E-state index contributed by atoms with van der Waals surface area (Å²) in [5, 5.41) is 2.36. The normalized spacial score (nSPS) is 11.6. The van der Waals surface area contributed by atoms with Gasteiger partial charge in [-0.2, -0.15) is 22.0 Å². The van der Waals surface area contributed by atoms with E-state index >= 15 is 0 Å². The molecule has 24 heavy (non-hydrogen) atoms. The molecule has 0 saturated heterocycles. The van der Waals surface area contributed by atoms with Crippen LogP contribution >= 0.6 is 11.8 Å². The number of nitrogens with one attached hydrogen (secondary N) is 1. The number of alkyl halides is 5. The number of pyridine rings is 1. The number of rotatable bonds is 5. The predicted octanol–water partition coefficient (Wildman–Crippen LogP) is 4.35. The molecule has 0 unspecified atom stereocenters. The summed E-state index contributed by atoms with van der Waals surface area (Å²) in [7, 11) is 0. The van der Waals surface area contributed by atoms with E-state index in [1.54, 1.807) is 0 Å². The van der Waals surface area contributed by atoms with Gasteiger partial charge in [-0.1, -0.05) is 12.1 Å². The minimum Gasteiger partial charge on any atom is -0.348 e. The lowest BCUT2D eigenvalue weighted by Crippen LogP contribution is -2.23. The third-order valence-electron chi connectivity index (χ3n) is 2.95. The fourth-order valence-corrected chi connectivity index (χ4v) is 2.41. The molecule has 2 rings (SSSR count). The van der Waals surface area contributed by atoms with Gasteiger partial charge in [-0.15, -0.1) is 0 Å². The summed E-state index contributed by atoms with van der Waals surface area (Å²) in [5.74, 6) is -3.35. The molecule has 0 spiro atoms. The molecule has 9 heteroatoms. The summed E-state index contributed by atoms with van der Waals surface area (Å²) in [6.45, 7) is -0.0371. The number of carbonyl (C=O) groups excluding carboxylic acids is 1. The summed E-state index contributed by atoms with van der Waals surface area (Å²) >= 11 is 0.149. The van der Waals surface area contributed by atoms with Crippen molar-refractivity contribution in [3.63, 3.8) is 0 Å². The molecule has 0 aliphatic rings. The Hall–Kier alpha value is -2.16. The SMILES string of the molecule is O=C(NCc1ccc(C(F)(F)F)cc1)c1cccnc1SC(F)F. The average Bonchev–Trinajstić information content (AvgIpc) is 2.52. The van der Waals surface area contributed by atoms with Gasteiger partial charge in [0.15, 0.2) is 0 Å². The van der Waals surface area contributed by atoms with Crippen molar-refractivity contribution >= 4 is 17.7 Å². The average molecular weight is 362 g/mol. The molecule has 1 amide bonds. The maximum absolute atomic E-state index is 12.5. The maximum Gasteiger partial charge on any atom is 0.416 e. The van der Waals surface area contributed by atoms with Crippen LogP contribution in [0.5, 0.6) is 0 Å². The number of carbonyl (C=O) groups is 1. The van der Waals surface area contributed by atoms with Gasteiger partial charge in [0.05, 0.1) is 11.1 Å². The molecule has 1 aromatic heterocycles. The van der Waals surface area contributed by atoms with Crippen LogP contribution in [0.25, 0.3) is 0 Å². The summed E-state index contributed by atoms with van der Waals surface area (Å²) in [6.07, 6.45) is -3.14. The van der Waals surface area contributed by atoms with Gasteiger partial charge < -0.3 is 5.32 Å². The zero-order valence-corrected chi connectivity index (χ0v) is 12.8. The number of nitrogens with zero attached hydrogens (tertiary/aromatic N) is 1. The molecule has 0 fully saturated rings. The Morgan fingerprint density at radius 3 is 2.42 bits per heavy atom. The van der Waals surface area contributed by atoms with Crippen molar-refractivity contribution in [2.45, 2.75) is 23.5 Å². The largest absolute Gasteiger partial charge is 0.416 e. The van der Waals surface area contributed by atoms with Gasteiger partial charge >= 0.3 is 6.18 Å². The smallest absolute Gasteiger partial charge is 0.348 e. The van der Waals surface area contributed by atoms with Crippen molar-refractivity contribution in [1.29, 1.82) is 0 Å². The number of aromatic nitrogens is 1. The molecule has 0 saturated carbocycles. The van der Waals surface area contributed by atoms with E-state index in [1.165, 1.54) is 30.5 Å². The molecule has 1 N–H and O–H groups in total. The van der Waals surface area contributed by atoms with E-state index in [1.807, 2.05) is 0 Å². The van der Waals surface area contributed by atoms with Crippen molar-refractivity contribution in [1.82, 2.24) is 10.3 Å². The van der Waals surface area contributed by atoms with Gasteiger partial charge in [-0.25, -0.2) is 4.98 Å². The Morgan fingerprint density at radius 2 is 1.83 bits per heavy atom. The second kappa shape index (κ2) is 7.61. The fraction of sp³-hybridized carbons (Fsp3) is 0.200. The van der Waals surface area contributed by atoms with Crippen molar-refractivity contribution in [3.8, 4) is 0 Å². The minimum atomic E-state index is -4.43. The Bertz CT molecular complexity index is 704. The van der Waals surface area contributed by atoms with Crippen LogP contribution in [0, 0.1) is 0 Å². The summed E-state index contributed by atoms with van der Waals surface area (Å²) in [5.41, 5.74) is -0.363. The van der Waals surface area contributed by atoms with Crippen LogP contribution in [0.1, 0.15) is 21.5 Å².